The molecule has 0 aromatic heterocycles. The predicted octanol–water partition coefficient (Wildman–Crippen LogP) is 9.18. The largest absolute Gasteiger partial charge is 0.353 e. The number of hydrogen-bond donors (Lipinski definition) is 0. The third-order valence-corrected chi connectivity index (χ3v) is 6.71. The van der Waals surface area contributed by atoms with Crippen molar-refractivity contribution >= 4 is 11.6 Å². The second-order valence-corrected chi connectivity index (χ2v) is 9.92. The van der Waals surface area contributed by atoms with Crippen LogP contribution in [0.5, 0.6) is 0 Å². The molecule has 0 amide bonds. The maximum absolute atomic E-state index is 6.52. The van der Waals surface area contributed by atoms with Crippen molar-refractivity contribution in [3.05, 3.63) is 0 Å². The molecule has 1 heterocycles. The molecular formula is C26H51ClO2. The highest BCUT2D eigenvalue weighted by atomic mass is 35.5. The van der Waals surface area contributed by atoms with Gasteiger partial charge in [0.25, 0.3) is 0 Å². The average molecular weight is 431 g/mol. The van der Waals surface area contributed by atoms with E-state index in [0.717, 1.165) is 32.3 Å². The zero-order chi connectivity index (χ0) is 21.0. The first-order valence-electron chi connectivity index (χ1n) is 13.1. The van der Waals surface area contributed by atoms with Crippen LogP contribution in [-0.2, 0) is 9.47 Å². The van der Waals surface area contributed by atoms with Gasteiger partial charge >= 0.3 is 0 Å². The summed E-state index contributed by atoms with van der Waals surface area (Å²) in [4.78, 5) is 0. The Bertz CT molecular complexity index is 331. The molecular weight excluding hydrogens is 380 g/mol. The molecule has 3 atom stereocenters. The van der Waals surface area contributed by atoms with Crippen LogP contribution in [0.15, 0.2) is 0 Å². The van der Waals surface area contributed by atoms with E-state index in [4.69, 9.17) is 21.1 Å². The Hall–Kier alpha value is 0.210. The van der Waals surface area contributed by atoms with Gasteiger partial charge in [0.05, 0.1) is 6.10 Å². The molecule has 1 rings (SSSR count). The Morgan fingerprint density at radius 1 is 0.759 bits per heavy atom. The molecule has 0 N–H and O–H groups in total. The van der Waals surface area contributed by atoms with E-state index in [1.807, 2.05) is 0 Å². The Morgan fingerprint density at radius 3 is 1.79 bits per heavy atom. The van der Waals surface area contributed by atoms with Gasteiger partial charge < -0.3 is 9.47 Å². The van der Waals surface area contributed by atoms with Crippen LogP contribution in [-0.4, -0.2) is 24.4 Å². The Morgan fingerprint density at radius 2 is 1.28 bits per heavy atom. The minimum Gasteiger partial charge on any atom is -0.353 e. The van der Waals surface area contributed by atoms with Gasteiger partial charge in [-0.3, -0.25) is 0 Å². The van der Waals surface area contributed by atoms with E-state index in [0.29, 0.717) is 11.5 Å². The lowest BCUT2D eigenvalue weighted by Gasteiger charge is -2.18. The molecule has 3 heteroatoms. The highest BCUT2D eigenvalue weighted by molar-refractivity contribution is 6.20. The molecule has 1 aliphatic rings. The number of rotatable bonds is 21. The van der Waals surface area contributed by atoms with Gasteiger partial charge in [0, 0.05) is 18.4 Å². The highest BCUT2D eigenvalue weighted by Gasteiger charge is 2.18. The van der Waals surface area contributed by atoms with E-state index in [-0.39, 0.29) is 6.29 Å². The topological polar surface area (TPSA) is 18.5 Å². The summed E-state index contributed by atoms with van der Waals surface area (Å²) in [6.45, 7) is 5.32. The van der Waals surface area contributed by atoms with Gasteiger partial charge in [0.15, 0.2) is 6.29 Å². The fourth-order valence-electron chi connectivity index (χ4n) is 4.31. The van der Waals surface area contributed by atoms with Crippen LogP contribution >= 0.6 is 11.6 Å². The van der Waals surface area contributed by atoms with Crippen LogP contribution in [0.1, 0.15) is 142 Å². The molecule has 0 aliphatic carbocycles. The van der Waals surface area contributed by atoms with E-state index in [2.05, 4.69) is 13.8 Å². The number of hydrogen-bond acceptors (Lipinski definition) is 2. The van der Waals surface area contributed by atoms with Gasteiger partial charge in [-0.1, -0.05) is 96.8 Å². The molecule has 2 nitrogen and oxygen atoms in total. The lowest BCUT2D eigenvalue weighted by Crippen LogP contribution is -2.19. The SMILES string of the molecule is CCCCCCCCCCCCCCCCC(Cl)CCCC(C)OC1CCCO1. The summed E-state index contributed by atoms with van der Waals surface area (Å²) in [5, 5.41) is 0.349. The van der Waals surface area contributed by atoms with Gasteiger partial charge in [-0.2, -0.15) is 0 Å². The molecule has 0 aromatic carbocycles. The van der Waals surface area contributed by atoms with E-state index in [9.17, 15) is 0 Å². The molecule has 1 aliphatic heterocycles. The molecule has 0 radical (unpaired) electrons. The van der Waals surface area contributed by atoms with Crippen molar-refractivity contribution in [3.63, 3.8) is 0 Å². The molecule has 29 heavy (non-hydrogen) atoms. The van der Waals surface area contributed by atoms with Crippen LogP contribution in [0.2, 0.25) is 0 Å². The van der Waals surface area contributed by atoms with Gasteiger partial charge in [0.1, 0.15) is 0 Å². The first-order valence-corrected chi connectivity index (χ1v) is 13.6. The van der Waals surface area contributed by atoms with Crippen molar-refractivity contribution < 1.29 is 9.47 Å². The third-order valence-electron chi connectivity index (χ3n) is 6.27. The third kappa shape index (κ3) is 17.6. The molecule has 1 saturated heterocycles. The van der Waals surface area contributed by atoms with Crippen LogP contribution < -0.4 is 0 Å². The average Bonchev–Trinajstić information content (AvgIpc) is 3.21. The van der Waals surface area contributed by atoms with Crippen molar-refractivity contribution in [3.8, 4) is 0 Å². The number of halogens is 1. The summed E-state index contributed by atoms with van der Waals surface area (Å²) in [6, 6.07) is 0. The zero-order valence-corrected chi connectivity index (χ0v) is 20.5. The first kappa shape index (κ1) is 27.2. The van der Waals surface area contributed by atoms with Crippen molar-refractivity contribution in [1.29, 1.82) is 0 Å². The fourth-order valence-corrected chi connectivity index (χ4v) is 4.62. The summed E-state index contributed by atoms with van der Waals surface area (Å²) in [5.41, 5.74) is 0. The van der Waals surface area contributed by atoms with Crippen molar-refractivity contribution in [1.82, 2.24) is 0 Å². The summed E-state index contributed by atoms with van der Waals surface area (Å²) < 4.78 is 11.5. The number of unbranched alkanes of at least 4 members (excludes halogenated alkanes) is 13. The molecule has 0 spiro atoms. The van der Waals surface area contributed by atoms with Crippen LogP contribution in [0.4, 0.5) is 0 Å². The minimum absolute atomic E-state index is 0.0485. The summed E-state index contributed by atoms with van der Waals surface area (Å²) in [5.74, 6) is 0. The normalized spacial score (nSPS) is 18.9. The monoisotopic (exact) mass is 430 g/mol. The molecule has 3 unspecified atom stereocenters. The lowest BCUT2D eigenvalue weighted by atomic mass is 10.0. The van der Waals surface area contributed by atoms with Crippen LogP contribution in [0, 0.1) is 0 Å². The van der Waals surface area contributed by atoms with Gasteiger partial charge in [-0.15, -0.1) is 11.6 Å². The molecule has 0 bridgehead atoms. The van der Waals surface area contributed by atoms with E-state index in [1.54, 1.807) is 0 Å². The Labute approximate surface area is 187 Å². The molecule has 0 saturated carbocycles. The molecule has 0 aromatic rings. The predicted molar refractivity (Wildman–Crippen MR) is 128 cm³/mol. The first-order chi connectivity index (χ1) is 14.2. The minimum atomic E-state index is 0.0485. The Kier molecular flexibility index (Phi) is 18.9. The van der Waals surface area contributed by atoms with E-state index >= 15 is 0 Å². The maximum Gasteiger partial charge on any atom is 0.158 e. The summed E-state index contributed by atoms with van der Waals surface area (Å²) >= 11 is 6.52. The van der Waals surface area contributed by atoms with Crippen molar-refractivity contribution in [2.75, 3.05) is 6.61 Å². The number of ether oxygens (including phenoxy) is 2. The highest BCUT2D eigenvalue weighted by Crippen LogP contribution is 2.20. The van der Waals surface area contributed by atoms with Gasteiger partial charge in [0.2, 0.25) is 0 Å². The fraction of sp³-hybridized carbons (Fsp3) is 1.00. The van der Waals surface area contributed by atoms with Crippen LogP contribution in [0.25, 0.3) is 0 Å². The quantitative estimate of drug-likeness (QED) is 0.133. The maximum atomic E-state index is 6.52. The van der Waals surface area contributed by atoms with Gasteiger partial charge in [-0.25, -0.2) is 0 Å². The zero-order valence-electron chi connectivity index (χ0n) is 19.8. The van der Waals surface area contributed by atoms with Crippen molar-refractivity contribution in [2.45, 2.75) is 160 Å². The second-order valence-electron chi connectivity index (χ2n) is 9.30. The van der Waals surface area contributed by atoms with Crippen LogP contribution in [0.3, 0.4) is 0 Å². The van der Waals surface area contributed by atoms with Gasteiger partial charge in [-0.05, 0) is 39.0 Å². The molecule has 174 valence electrons. The summed E-state index contributed by atoms with van der Waals surface area (Å²) in [6.07, 6.45) is 27.0. The second kappa shape index (κ2) is 20.1. The lowest BCUT2D eigenvalue weighted by molar-refractivity contribution is -0.140. The number of alkyl halides is 1. The smallest absolute Gasteiger partial charge is 0.158 e. The summed E-state index contributed by atoms with van der Waals surface area (Å²) in [7, 11) is 0. The Balaban J connectivity index is 1.76. The molecule has 1 fully saturated rings. The standard InChI is InChI=1S/C26H51ClO2/c1-3-4-5-6-7-8-9-10-11-12-13-14-15-16-20-25(27)21-17-19-24(2)29-26-22-18-23-28-26/h24-26H,3-23H2,1-2H3. The van der Waals surface area contributed by atoms with Crippen molar-refractivity contribution in [2.24, 2.45) is 0 Å². The van der Waals surface area contributed by atoms with E-state index < -0.39 is 0 Å². The van der Waals surface area contributed by atoms with E-state index in [1.165, 1.54) is 103 Å².